The molecule has 0 saturated carbocycles. The second-order valence-corrected chi connectivity index (χ2v) is 6.65. The molecule has 1 aromatic rings. The molecule has 112 valence electrons. The van der Waals surface area contributed by atoms with Crippen molar-refractivity contribution in [2.45, 2.75) is 25.8 Å². The number of amides is 1. The fraction of sp³-hybridized carbons (Fsp3) is 0.417. The van der Waals surface area contributed by atoms with Crippen LogP contribution in [0.1, 0.15) is 19.8 Å². The summed E-state index contributed by atoms with van der Waals surface area (Å²) in [7, 11) is -3.38. The second-order valence-electron chi connectivity index (χ2n) is 4.49. The fourth-order valence-electron chi connectivity index (χ4n) is 1.48. The molecule has 0 fully saturated rings. The predicted molar refractivity (Wildman–Crippen MR) is 81.4 cm³/mol. The molecule has 0 saturated heterocycles. The Hall–Kier alpha value is -1.31. The van der Waals surface area contributed by atoms with Gasteiger partial charge in [-0.1, -0.05) is 18.5 Å². The summed E-state index contributed by atoms with van der Waals surface area (Å²) >= 11 is 5.96. The molecule has 0 aliphatic carbocycles. The number of nitrogens with one attached hydrogen (secondary N) is 2. The Morgan fingerprint density at radius 3 is 2.65 bits per heavy atom. The molecule has 1 atom stereocenters. The minimum absolute atomic E-state index is 0.177. The number of carbonyl (C=O) groups is 1. The monoisotopic (exact) mass is 319 g/mol. The van der Waals surface area contributed by atoms with Gasteiger partial charge in [0.2, 0.25) is 15.9 Å². The van der Waals surface area contributed by atoms with E-state index in [0.717, 1.165) is 6.26 Å². The van der Waals surface area contributed by atoms with Crippen molar-refractivity contribution in [3.63, 3.8) is 0 Å². The van der Waals surface area contributed by atoms with Gasteiger partial charge in [-0.15, -0.1) is 0 Å². The van der Waals surface area contributed by atoms with Gasteiger partial charge in [-0.2, -0.15) is 0 Å². The van der Waals surface area contributed by atoms with E-state index in [0.29, 0.717) is 22.8 Å². The Labute approximate surface area is 123 Å². The molecule has 0 aliphatic heterocycles. The van der Waals surface area contributed by atoms with Crippen molar-refractivity contribution in [1.29, 1.82) is 0 Å². The summed E-state index contributed by atoms with van der Waals surface area (Å²) in [5, 5.41) is 2.94. The van der Waals surface area contributed by atoms with E-state index in [1.54, 1.807) is 0 Å². The second kappa shape index (κ2) is 6.92. The molecule has 1 aromatic carbocycles. The van der Waals surface area contributed by atoms with Crippen molar-refractivity contribution in [3.8, 4) is 0 Å². The number of anilines is 2. The van der Waals surface area contributed by atoms with Gasteiger partial charge in [-0.05, 0) is 24.6 Å². The Morgan fingerprint density at radius 1 is 1.45 bits per heavy atom. The van der Waals surface area contributed by atoms with Gasteiger partial charge in [0.15, 0.2) is 0 Å². The highest BCUT2D eigenvalue weighted by Crippen LogP contribution is 2.26. The summed E-state index contributed by atoms with van der Waals surface area (Å²) < 4.78 is 24.6. The van der Waals surface area contributed by atoms with Gasteiger partial charge >= 0.3 is 0 Å². The molecule has 0 aromatic heterocycles. The minimum Gasteiger partial charge on any atom is -0.327 e. The van der Waals surface area contributed by atoms with Crippen LogP contribution in [0.3, 0.4) is 0 Å². The quantitative estimate of drug-likeness (QED) is 0.743. The standard InChI is InChI=1S/C12H18ClN3O3S/c1-3-8(14)6-12(17)15-11-7-9(4-5-10(11)13)16-20(2,18)19/h4-5,7-8,16H,3,6,14H2,1-2H3,(H,15,17). The lowest BCUT2D eigenvalue weighted by Gasteiger charge is -2.12. The van der Waals surface area contributed by atoms with Gasteiger partial charge in [-0.25, -0.2) is 8.42 Å². The molecule has 0 aliphatic rings. The first-order valence-corrected chi connectivity index (χ1v) is 8.31. The maximum atomic E-state index is 11.7. The van der Waals surface area contributed by atoms with Crippen LogP contribution in [0.25, 0.3) is 0 Å². The molecule has 0 heterocycles. The number of rotatable bonds is 6. The number of nitrogens with two attached hydrogens (primary N) is 1. The zero-order valence-electron chi connectivity index (χ0n) is 11.3. The third-order valence-corrected chi connectivity index (χ3v) is 3.45. The van der Waals surface area contributed by atoms with Crippen molar-refractivity contribution < 1.29 is 13.2 Å². The summed E-state index contributed by atoms with van der Waals surface area (Å²) in [5.74, 6) is -0.266. The number of benzene rings is 1. The highest BCUT2D eigenvalue weighted by molar-refractivity contribution is 7.92. The summed E-state index contributed by atoms with van der Waals surface area (Å²) in [6.07, 6.45) is 1.91. The number of carbonyl (C=O) groups excluding carboxylic acids is 1. The van der Waals surface area contributed by atoms with Gasteiger partial charge in [0, 0.05) is 12.5 Å². The largest absolute Gasteiger partial charge is 0.327 e. The Kier molecular flexibility index (Phi) is 5.79. The highest BCUT2D eigenvalue weighted by atomic mass is 35.5. The molecular weight excluding hydrogens is 302 g/mol. The SMILES string of the molecule is CCC(N)CC(=O)Nc1cc(NS(C)(=O)=O)ccc1Cl. The van der Waals surface area contributed by atoms with Crippen LogP contribution in [-0.4, -0.2) is 26.6 Å². The van der Waals surface area contributed by atoms with E-state index >= 15 is 0 Å². The molecule has 0 spiro atoms. The van der Waals surface area contributed by atoms with Gasteiger partial charge in [0.25, 0.3) is 0 Å². The lowest BCUT2D eigenvalue weighted by Crippen LogP contribution is -2.26. The fourth-order valence-corrected chi connectivity index (χ4v) is 2.20. The van der Waals surface area contributed by atoms with Gasteiger partial charge in [0.05, 0.1) is 22.7 Å². The molecule has 0 radical (unpaired) electrons. The first-order chi connectivity index (χ1) is 9.21. The van der Waals surface area contributed by atoms with E-state index in [2.05, 4.69) is 10.0 Å². The maximum Gasteiger partial charge on any atom is 0.229 e. The van der Waals surface area contributed by atoms with Gasteiger partial charge in [-0.3, -0.25) is 9.52 Å². The van der Waals surface area contributed by atoms with Crippen LogP contribution in [-0.2, 0) is 14.8 Å². The highest BCUT2D eigenvalue weighted by Gasteiger charge is 2.11. The summed E-state index contributed by atoms with van der Waals surface area (Å²) in [6.45, 7) is 1.89. The van der Waals surface area contributed by atoms with Crippen molar-refractivity contribution in [2.24, 2.45) is 5.73 Å². The zero-order chi connectivity index (χ0) is 15.3. The van der Waals surface area contributed by atoms with Crippen LogP contribution >= 0.6 is 11.6 Å². The third kappa shape index (κ3) is 5.77. The normalized spacial score (nSPS) is 12.8. The van der Waals surface area contributed by atoms with E-state index < -0.39 is 10.0 Å². The Bertz CT molecular complexity index is 590. The average molecular weight is 320 g/mol. The lowest BCUT2D eigenvalue weighted by molar-refractivity contribution is -0.116. The number of hydrogen-bond acceptors (Lipinski definition) is 4. The summed E-state index contributed by atoms with van der Waals surface area (Å²) in [5.41, 5.74) is 6.36. The van der Waals surface area contributed by atoms with E-state index in [1.807, 2.05) is 6.92 Å². The van der Waals surface area contributed by atoms with E-state index in [1.165, 1.54) is 18.2 Å². The van der Waals surface area contributed by atoms with Gasteiger partial charge < -0.3 is 11.1 Å². The third-order valence-electron chi connectivity index (χ3n) is 2.52. The van der Waals surface area contributed by atoms with E-state index in [-0.39, 0.29) is 18.4 Å². The molecule has 1 unspecified atom stereocenters. The van der Waals surface area contributed by atoms with Crippen molar-refractivity contribution in [1.82, 2.24) is 0 Å². The van der Waals surface area contributed by atoms with E-state index in [4.69, 9.17) is 17.3 Å². The van der Waals surface area contributed by atoms with Crippen LogP contribution < -0.4 is 15.8 Å². The zero-order valence-corrected chi connectivity index (χ0v) is 12.9. The van der Waals surface area contributed by atoms with Crippen LogP contribution in [0.5, 0.6) is 0 Å². The molecular formula is C12H18ClN3O3S. The van der Waals surface area contributed by atoms with Crippen molar-refractivity contribution in [3.05, 3.63) is 23.2 Å². The smallest absolute Gasteiger partial charge is 0.229 e. The van der Waals surface area contributed by atoms with Crippen LogP contribution in [0.4, 0.5) is 11.4 Å². The molecule has 1 rings (SSSR count). The number of sulfonamides is 1. The molecule has 6 nitrogen and oxygen atoms in total. The van der Waals surface area contributed by atoms with Crippen molar-refractivity contribution in [2.75, 3.05) is 16.3 Å². The summed E-state index contributed by atoms with van der Waals surface area (Å²) in [6, 6.07) is 4.26. The first-order valence-electron chi connectivity index (χ1n) is 6.04. The number of halogens is 1. The Balaban J connectivity index is 2.84. The maximum absolute atomic E-state index is 11.7. The molecule has 1 amide bonds. The molecule has 20 heavy (non-hydrogen) atoms. The van der Waals surface area contributed by atoms with Crippen molar-refractivity contribution >= 4 is 38.9 Å². The topological polar surface area (TPSA) is 101 Å². The van der Waals surface area contributed by atoms with E-state index in [9.17, 15) is 13.2 Å². The molecule has 4 N–H and O–H groups in total. The molecule has 8 heteroatoms. The van der Waals surface area contributed by atoms with Gasteiger partial charge in [0.1, 0.15) is 0 Å². The predicted octanol–water partition coefficient (Wildman–Crippen LogP) is 1.78. The Morgan fingerprint density at radius 2 is 2.10 bits per heavy atom. The minimum atomic E-state index is -3.38. The van der Waals surface area contributed by atoms with Crippen LogP contribution in [0, 0.1) is 0 Å². The summed E-state index contributed by atoms with van der Waals surface area (Å²) in [4.78, 5) is 11.7. The van der Waals surface area contributed by atoms with Crippen LogP contribution in [0.15, 0.2) is 18.2 Å². The van der Waals surface area contributed by atoms with Crippen LogP contribution in [0.2, 0.25) is 5.02 Å². The average Bonchev–Trinajstić information content (AvgIpc) is 2.31. The first kappa shape index (κ1) is 16.7. The number of hydrogen-bond donors (Lipinski definition) is 3. The molecule has 0 bridgehead atoms. The lowest BCUT2D eigenvalue weighted by atomic mass is 10.1.